The fourth-order valence-electron chi connectivity index (χ4n) is 5.04. The molecule has 0 aliphatic carbocycles. The first-order valence-corrected chi connectivity index (χ1v) is 14.0. The third kappa shape index (κ3) is 4.69. The number of para-hydroxylation sites is 1. The highest BCUT2D eigenvalue weighted by Crippen LogP contribution is 2.38. The molecular formula is C25H23F3N8O2S. The van der Waals surface area contributed by atoms with Crippen LogP contribution in [0.3, 0.4) is 0 Å². The molecule has 0 spiro atoms. The van der Waals surface area contributed by atoms with Crippen molar-refractivity contribution in [3.63, 3.8) is 0 Å². The molecule has 2 atom stereocenters. The van der Waals surface area contributed by atoms with Crippen molar-refractivity contribution in [2.75, 3.05) is 24.7 Å². The maximum atomic E-state index is 13.9. The Labute approximate surface area is 220 Å². The second-order valence-electron chi connectivity index (χ2n) is 9.53. The van der Waals surface area contributed by atoms with E-state index in [-0.39, 0.29) is 34.1 Å². The molecule has 6 rings (SSSR count). The molecule has 4 aromatic heterocycles. The molecule has 1 aliphatic heterocycles. The number of nitrogens with zero attached hydrogens (tertiary/aromatic N) is 5. The summed E-state index contributed by atoms with van der Waals surface area (Å²) in [4.78, 5) is 11.4. The molecule has 1 aliphatic rings. The first-order valence-electron chi connectivity index (χ1n) is 12.1. The van der Waals surface area contributed by atoms with Gasteiger partial charge in [-0.2, -0.15) is 13.2 Å². The van der Waals surface area contributed by atoms with Gasteiger partial charge in [0.25, 0.3) is 0 Å². The Morgan fingerprint density at radius 1 is 1.10 bits per heavy atom. The number of H-pyrrole nitrogens is 1. The lowest BCUT2D eigenvalue weighted by Crippen LogP contribution is -2.43. The molecule has 5 aromatic rings. The molecular weight excluding hydrogens is 533 g/mol. The summed E-state index contributed by atoms with van der Waals surface area (Å²) in [5, 5.41) is 15.5. The maximum absolute atomic E-state index is 13.9. The Morgan fingerprint density at radius 2 is 1.92 bits per heavy atom. The molecule has 0 radical (unpaired) electrons. The van der Waals surface area contributed by atoms with Gasteiger partial charge in [0.2, 0.25) is 5.95 Å². The van der Waals surface area contributed by atoms with Crippen LogP contribution in [0.1, 0.15) is 23.7 Å². The Kier molecular flexibility index (Phi) is 6.03. The second-order valence-corrected chi connectivity index (χ2v) is 11.5. The fourth-order valence-corrected chi connectivity index (χ4v) is 5.84. The lowest BCUT2D eigenvalue weighted by molar-refractivity contribution is -0.137. The predicted octanol–water partition coefficient (Wildman–Crippen LogP) is 3.65. The van der Waals surface area contributed by atoms with E-state index in [0.29, 0.717) is 41.8 Å². The van der Waals surface area contributed by atoms with Gasteiger partial charge in [0.15, 0.2) is 15.5 Å². The average Bonchev–Trinajstić information content (AvgIpc) is 3.52. The van der Waals surface area contributed by atoms with Crippen molar-refractivity contribution in [2.45, 2.75) is 29.5 Å². The number of alkyl halides is 3. The first kappa shape index (κ1) is 25.2. The van der Waals surface area contributed by atoms with Gasteiger partial charge in [0, 0.05) is 66.4 Å². The zero-order valence-electron chi connectivity index (χ0n) is 20.6. The number of anilines is 1. The van der Waals surface area contributed by atoms with Crippen LogP contribution in [-0.2, 0) is 16.0 Å². The zero-order valence-corrected chi connectivity index (χ0v) is 21.4. The molecule has 0 unspecified atom stereocenters. The number of rotatable bonds is 5. The lowest BCUT2D eigenvalue weighted by Gasteiger charge is -2.30. The molecule has 1 saturated heterocycles. The maximum Gasteiger partial charge on any atom is 0.419 e. The van der Waals surface area contributed by atoms with Crippen molar-refractivity contribution < 1.29 is 21.6 Å². The van der Waals surface area contributed by atoms with Gasteiger partial charge in [-0.05, 0) is 24.6 Å². The molecule has 10 nitrogen and oxygen atoms in total. The van der Waals surface area contributed by atoms with Gasteiger partial charge in [0.1, 0.15) is 16.3 Å². The van der Waals surface area contributed by atoms with Crippen LogP contribution in [0.25, 0.3) is 27.8 Å². The number of piperidine rings is 1. The van der Waals surface area contributed by atoms with E-state index in [1.807, 2.05) is 0 Å². The molecule has 39 heavy (non-hydrogen) atoms. The summed E-state index contributed by atoms with van der Waals surface area (Å²) in [5.74, 6) is 0.507. The topological polar surface area (TPSA) is 130 Å². The number of aromatic amines is 1. The van der Waals surface area contributed by atoms with E-state index < -0.39 is 21.6 Å². The summed E-state index contributed by atoms with van der Waals surface area (Å²) in [6, 6.07) is 9.96. The number of pyridine rings is 1. The molecule has 5 heterocycles. The van der Waals surface area contributed by atoms with E-state index in [9.17, 15) is 21.6 Å². The highest BCUT2D eigenvalue weighted by molar-refractivity contribution is 7.90. The van der Waals surface area contributed by atoms with E-state index in [4.69, 9.17) is 0 Å². The Hall–Kier alpha value is -4.04. The van der Waals surface area contributed by atoms with E-state index >= 15 is 0 Å². The van der Waals surface area contributed by atoms with Gasteiger partial charge in [0.05, 0.1) is 5.69 Å². The van der Waals surface area contributed by atoms with Crippen molar-refractivity contribution in [1.29, 1.82) is 0 Å². The van der Waals surface area contributed by atoms with E-state index in [1.54, 1.807) is 40.9 Å². The van der Waals surface area contributed by atoms with Gasteiger partial charge in [-0.15, -0.1) is 10.2 Å². The molecule has 1 fully saturated rings. The molecule has 14 heteroatoms. The average molecular weight is 557 g/mol. The van der Waals surface area contributed by atoms with Gasteiger partial charge < -0.3 is 15.6 Å². The van der Waals surface area contributed by atoms with Crippen LogP contribution in [0.2, 0.25) is 0 Å². The molecule has 202 valence electrons. The molecule has 0 saturated carbocycles. The van der Waals surface area contributed by atoms with Crippen LogP contribution in [0.15, 0.2) is 59.9 Å². The monoisotopic (exact) mass is 556 g/mol. The largest absolute Gasteiger partial charge is 0.419 e. The Morgan fingerprint density at radius 3 is 2.72 bits per heavy atom. The van der Waals surface area contributed by atoms with Crippen LogP contribution in [0.4, 0.5) is 19.1 Å². The number of fused-ring (bicyclic) bond motifs is 2. The lowest BCUT2D eigenvalue weighted by atomic mass is 9.95. The number of halogens is 3. The Bertz CT molecular complexity index is 1800. The fraction of sp³-hybridized carbons (Fsp3) is 0.280. The van der Waals surface area contributed by atoms with Gasteiger partial charge in [-0.1, -0.05) is 18.2 Å². The van der Waals surface area contributed by atoms with Crippen LogP contribution in [0, 0.1) is 0 Å². The summed E-state index contributed by atoms with van der Waals surface area (Å²) < 4.78 is 67.7. The van der Waals surface area contributed by atoms with E-state index in [2.05, 4.69) is 35.8 Å². The van der Waals surface area contributed by atoms with Crippen molar-refractivity contribution in [3.8, 4) is 11.3 Å². The van der Waals surface area contributed by atoms with Crippen molar-refractivity contribution >= 4 is 32.3 Å². The van der Waals surface area contributed by atoms with Crippen LogP contribution < -0.4 is 10.6 Å². The Balaban J connectivity index is 1.30. The smallest absolute Gasteiger partial charge is 0.360 e. The number of aromatic nitrogens is 6. The minimum Gasteiger partial charge on any atom is -0.360 e. The van der Waals surface area contributed by atoms with Crippen molar-refractivity contribution in [2.24, 2.45) is 0 Å². The number of sulfone groups is 1. The summed E-state index contributed by atoms with van der Waals surface area (Å²) in [6.07, 6.45) is 1.06. The van der Waals surface area contributed by atoms with Crippen molar-refractivity contribution in [3.05, 3.63) is 66.4 Å². The predicted molar refractivity (Wildman–Crippen MR) is 138 cm³/mol. The van der Waals surface area contributed by atoms with Gasteiger partial charge >= 0.3 is 6.18 Å². The SMILES string of the molecule is CS(=O)(=O)c1cccn2c([C@H]3CNC[C@@H](Nc4ncc(C(F)(F)F)c(-c5c[nH]c6ccccc56)n4)C3)nnc12. The summed E-state index contributed by atoms with van der Waals surface area (Å²) in [7, 11) is -3.50. The normalized spacial score (nSPS) is 18.6. The standard InChI is InChI=1S/C25H23F3N8O2S/c1-39(37,38)20-7-4-8-36-22(34-35-23(20)36)14-9-15(11-29-10-14)32-24-31-13-18(25(26,27)28)21(33-24)17-12-30-19-6-3-2-5-16(17)19/h2-8,12-15,29-30H,9-11H2,1H3,(H,31,32,33)/t14-,15+/m1/s1. The van der Waals surface area contributed by atoms with Crippen molar-refractivity contribution in [1.82, 2.24) is 34.9 Å². The van der Waals surface area contributed by atoms with Crippen LogP contribution >= 0.6 is 0 Å². The third-order valence-corrected chi connectivity index (χ3v) is 7.93. The van der Waals surface area contributed by atoms with Crippen LogP contribution in [-0.4, -0.2) is 63.4 Å². The minimum absolute atomic E-state index is 0.0706. The first-order chi connectivity index (χ1) is 18.6. The number of benzene rings is 1. The third-order valence-electron chi connectivity index (χ3n) is 6.81. The zero-order chi connectivity index (χ0) is 27.4. The van der Waals surface area contributed by atoms with Crippen LogP contribution in [0.5, 0.6) is 0 Å². The molecule has 0 amide bonds. The number of hydrogen-bond donors (Lipinski definition) is 3. The highest BCUT2D eigenvalue weighted by Gasteiger charge is 2.36. The molecule has 3 N–H and O–H groups in total. The summed E-state index contributed by atoms with van der Waals surface area (Å²) in [6.45, 7) is 1.09. The minimum atomic E-state index is -4.64. The highest BCUT2D eigenvalue weighted by atomic mass is 32.2. The quantitative estimate of drug-likeness (QED) is 0.299. The van der Waals surface area contributed by atoms with E-state index in [0.717, 1.165) is 12.5 Å². The van der Waals surface area contributed by atoms with E-state index in [1.165, 1.54) is 12.3 Å². The van der Waals surface area contributed by atoms with Gasteiger partial charge in [-0.25, -0.2) is 18.4 Å². The van der Waals surface area contributed by atoms with Gasteiger partial charge in [-0.3, -0.25) is 4.40 Å². The number of hydrogen-bond acceptors (Lipinski definition) is 8. The molecule has 1 aromatic carbocycles. The summed E-state index contributed by atoms with van der Waals surface area (Å²) in [5.41, 5.74) is 0.148. The summed E-state index contributed by atoms with van der Waals surface area (Å²) >= 11 is 0. The molecule has 0 bridgehead atoms. The second kappa shape index (κ2) is 9.31. The number of nitrogens with one attached hydrogen (secondary N) is 3.